The topological polar surface area (TPSA) is 34.9 Å². The van der Waals surface area contributed by atoms with Crippen LogP contribution in [0.1, 0.15) is 20.9 Å². The van der Waals surface area contributed by atoms with Gasteiger partial charge in [-0.15, -0.1) is 11.3 Å². The van der Waals surface area contributed by atoms with Gasteiger partial charge in [-0.25, -0.2) is 0 Å². The minimum Gasteiger partial charge on any atom is -0.288 e. The molecule has 0 unspecified atom stereocenters. The second-order valence-corrected chi connectivity index (χ2v) is 4.06. The number of carbonyl (C=O) groups is 1. The second kappa shape index (κ2) is 3.38. The lowest BCUT2D eigenvalue weighted by molar-refractivity contribution is 0.104. The number of hydrogen-bond acceptors (Lipinski definition) is 3. The molecule has 0 spiro atoms. The fraction of sp³-hybridized carbons (Fsp3) is 0.200. The lowest BCUT2D eigenvalue weighted by Gasteiger charge is -1.93. The molecular weight excluding hydrogens is 196 g/mol. The Bertz CT molecular complexity index is 456. The van der Waals surface area contributed by atoms with E-state index < -0.39 is 0 Å². The third kappa shape index (κ3) is 1.48. The molecule has 4 heteroatoms. The number of rotatable bonds is 2. The summed E-state index contributed by atoms with van der Waals surface area (Å²) in [7, 11) is 1.82. The number of hydrogen-bond donors (Lipinski definition) is 0. The number of thiophene rings is 1. The largest absolute Gasteiger partial charge is 0.288 e. The Morgan fingerprint density at radius 3 is 2.86 bits per heavy atom. The molecule has 72 valence electrons. The van der Waals surface area contributed by atoms with E-state index in [2.05, 4.69) is 5.10 Å². The molecule has 0 aliphatic heterocycles. The number of aryl methyl sites for hydroxylation is 2. The number of aromatic nitrogens is 2. The lowest BCUT2D eigenvalue weighted by atomic mass is 10.1. The molecule has 2 heterocycles. The van der Waals surface area contributed by atoms with Gasteiger partial charge in [0.1, 0.15) is 0 Å². The van der Waals surface area contributed by atoms with Crippen LogP contribution in [-0.4, -0.2) is 15.6 Å². The predicted octanol–water partition coefficient (Wildman–Crippen LogP) is 2.02. The molecule has 0 aromatic carbocycles. The van der Waals surface area contributed by atoms with E-state index in [-0.39, 0.29) is 5.78 Å². The molecule has 0 saturated heterocycles. The molecule has 0 aliphatic rings. The maximum Gasteiger partial charge on any atom is 0.206 e. The standard InChI is InChI=1S/C10H10N2OS/c1-7-8(6-12(2)11-7)10(13)9-4-3-5-14-9/h3-6H,1-2H3. The third-order valence-electron chi connectivity index (χ3n) is 2.00. The van der Waals surface area contributed by atoms with Crippen LogP contribution in [0.5, 0.6) is 0 Å². The zero-order valence-corrected chi connectivity index (χ0v) is 8.84. The van der Waals surface area contributed by atoms with Crippen LogP contribution in [0.3, 0.4) is 0 Å². The van der Waals surface area contributed by atoms with E-state index in [0.29, 0.717) is 5.56 Å². The van der Waals surface area contributed by atoms with Gasteiger partial charge in [0, 0.05) is 13.2 Å². The molecule has 0 bridgehead atoms. The average Bonchev–Trinajstić information content (AvgIpc) is 2.73. The first-order valence-corrected chi connectivity index (χ1v) is 5.15. The van der Waals surface area contributed by atoms with Gasteiger partial charge in [0.25, 0.3) is 0 Å². The third-order valence-corrected chi connectivity index (χ3v) is 2.87. The number of ketones is 1. The van der Waals surface area contributed by atoms with E-state index in [9.17, 15) is 4.79 Å². The maximum atomic E-state index is 11.9. The normalized spacial score (nSPS) is 10.4. The molecule has 0 amide bonds. The van der Waals surface area contributed by atoms with Crippen LogP contribution in [0.15, 0.2) is 23.7 Å². The van der Waals surface area contributed by atoms with E-state index in [0.717, 1.165) is 10.6 Å². The fourth-order valence-corrected chi connectivity index (χ4v) is 2.04. The maximum absolute atomic E-state index is 11.9. The highest BCUT2D eigenvalue weighted by atomic mass is 32.1. The molecule has 2 aromatic rings. The molecule has 2 aromatic heterocycles. The van der Waals surface area contributed by atoms with Crippen molar-refractivity contribution in [1.29, 1.82) is 0 Å². The minimum atomic E-state index is 0.0607. The summed E-state index contributed by atoms with van der Waals surface area (Å²) >= 11 is 1.46. The van der Waals surface area contributed by atoms with Gasteiger partial charge in [-0.3, -0.25) is 9.48 Å². The first kappa shape index (κ1) is 9.15. The van der Waals surface area contributed by atoms with Crippen LogP contribution in [0.4, 0.5) is 0 Å². The van der Waals surface area contributed by atoms with Crippen molar-refractivity contribution in [3.63, 3.8) is 0 Å². The molecule has 3 nitrogen and oxygen atoms in total. The highest BCUT2D eigenvalue weighted by Crippen LogP contribution is 2.16. The van der Waals surface area contributed by atoms with Gasteiger partial charge in [0.05, 0.1) is 16.1 Å². The first-order chi connectivity index (χ1) is 6.68. The smallest absolute Gasteiger partial charge is 0.206 e. The van der Waals surface area contributed by atoms with Gasteiger partial charge in [-0.05, 0) is 18.4 Å². The summed E-state index contributed by atoms with van der Waals surface area (Å²) in [5.41, 5.74) is 1.47. The van der Waals surface area contributed by atoms with E-state index in [1.807, 2.05) is 31.5 Å². The van der Waals surface area contributed by atoms with E-state index in [4.69, 9.17) is 0 Å². The summed E-state index contributed by atoms with van der Waals surface area (Å²) in [5, 5.41) is 6.04. The van der Waals surface area contributed by atoms with Gasteiger partial charge in [0.15, 0.2) is 0 Å². The van der Waals surface area contributed by atoms with Gasteiger partial charge < -0.3 is 0 Å². The summed E-state index contributed by atoms with van der Waals surface area (Å²) < 4.78 is 1.66. The lowest BCUT2D eigenvalue weighted by Crippen LogP contribution is -1.98. The van der Waals surface area contributed by atoms with Crippen molar-refractivity contribution in [2.75, 3.05) is 0 Å². The molecule has 0 atom stereocenters. The molecule has 0 N–H and O–H groups in total. The Balaban J connectivity index is 2.41. The Kier molecular flexibility index (Phi) is 2.21. The van der Waals surface area contributed by atoms with Crippen molar-refractivity contribution >= 4 is 17.1 Å². The highest BCUT2D eigenvalue weighted by molar-refractivity contribution is 7.12. The Morgan fingerprint density at radius 1 is 1.57 bits per heavy atom. The molecule has 0 radical (unpaired) electrons. The van der Waals surface area contributed by atoms with E-state index >= 15 is 0 Å². The fourth-order valence-electron chi connectivity index (χ4n) is 1.36. The van der Waals surface area contributed by atoms with Gasteiger partial charge >= 0.3 is 0 Å². The van der Waals surface area contributed by atoms with E-state index in [1.165, 1.54) is 11.3 Å². The Hall–Kier alpha value is -1.42. The summed E-state index contributed by atoms with van der Waals surface area (Å²) in [6.07, 6.45) is 1.76. The summed E-state index contributed by atoms with van der Waals surface area (Å²) in [6.45, 7) is 1.85. The highest BCUT2D eigenvalue weighted by Gasteiger charge is 2.14. The first-order valence-electron chi connectivity index (χ1n) is 4.27. The van der Waals surface area contributed by atoms with Crippen molar-refractivity contribution < 1.29 is 4.79 Å². The molecular formula is C10H10N2OS. The average molecular weight is 206 g/mol. The van der Waals surface area contributed by atoms with Gasteiger partial charge in [-0.2, -0.15) is 5.10 Å². The molecule has 0 fully saturated rings. The van der Waals surface area contributed by atoms with Crippen LogP contribution in [0.25, 0.3) is 0 Å². The van der Waals surface area contributed by atoms with Crippen LogP contribution < -0.4 is 0 Å². The van der Waals surface area contributed by atoms with Gasteiger partial charge in [0.2, 0.25) is 5.78 Å². The van der Waals surface area contributed by atoms with Crippen molar-refractivity contribution in [2.24, 2.45) is 7.05 Å². The summed E-state index contributed by atoms with van der Waals surface area (Å²) in [4.78, 5) is 12.7. The summed E-state index contributed by atoms with van der Waals surface area (Å²) in [5.74, 6) is 0.0607. The quantitative estimate of drug-likeness (QED) is 0.705. The number of nitrogens with zero attached hydrogens (tertiary/aromatic N) is 2. The number of carbonyl (C=O) groups excluding carboxylic acids is 1. The van der Waals surface area contributed by atoms with Crippen LogP contribution in [-0.2, 0) is 7.05 Å². The van der Waals surface area contributed by atoms with Crippen molar-refractivity contribution in [3.8, 4) is 0 Å². The minimum absolute atomic E-state index is 0.0607. The monoisotopic (exact) mass is 206 g/mol. The molecule has 2 rings (SSSR count). The Morgan fingerprint density at radius 2 is 2.36 bits per heavy atom. The van der Waals surface area contributed by atoms with Crippen molar-refractivity contribution in [2.45, 2.75) is 6.92 Å². The van der Waals surface area contributed by atoms with Crippen LogP contribution in [0.2, 0.25) is 0 Å². The Labute approximate surface area is 86.0 Å². The molecule has 0 saturated carbocycles. The van der Waals surface area contributed by atoms with Gasteiger partial charge in [-0.1, -0.05) is 6.07 Å². The van der Waals surface area contributed by atoms with E-state index in [1.54, 1.807) is 10.9 Å². The molecule has 14 heavy (non-hydrogen) atoms. The second-order valence-electron chi connectivity index (χ2n) is 3.11. The summed E-state index contributed by atoms with van der Waals surface area (Å²) in [6, 6.07) is 3.71. The predicted molar refractivity (Wildman–Crippen MR) is 55.7 cm³/mol. The van der Waals surface area contributed by atoms with Crippen molar-refractivity contribution in [3.05, 3.63) is 39.8 Å². The van der Waals surface area contributed by atoms with Crippen LogP contribution >= 0.6 is 11.3 Å². The molecule has 0 aliphatic carbocycles. The zero-order chi connectivity index (χ0) is 10.1. The van der Waals surface area contributed by atoms with Crippen LogP contribution in [0, 0.1) is 6.92 Å². The SMILES string of the molecule is Cc1nn(C)cc1C(=O)c1cccs1. The zero-order valence-electron chi connectivity index (χ0n) is 8.02. The van der Waals surface area contributed by atoms with Crippen molar-refractivity contribution in [1.82, 2.24) is 9.78 Å².